The predicted octanol–water partition coefficient (Wildman–Crippen LogP) is 4.76. The van der Waals surface area contributed by atoms with Crippen molar-refractivity contribution in [2.75, 3.05) is 7.11 Å². The smallest absolute Gasteiger partial charge is 0.340 e. The van der Waals surface area contributed by atoms with Gasteiger partial charge in [-0.1, -0.05) is 53.8 Å². The molecule has 5 rings (SSSR count). The molecule has 0 amide bonds. The Morgan fingerprint density at radius 1 is 0.968 bits per heavy atom. The van der Waals surface area contributed by atoms with E-state index in [1.165, 1.54) is 23.0 Å². The molecule has 6 nitrogen and oxygen atoms in total. The maximum Gasteiger partial charge on any atom is 0.340 e. The number of para-hydroxylation sites is 1. The van der Waals surface area contributed by atoms with E-state index in [2.05, 4.69) is 9.97 Å². The van der Waals surface area contributed by atoms with Crippen molar-refractivity contribution in [1.82, 2.24) is 14.5 Å². The van der Waals surface area contributed by atoms with Crippen LogP contribution in [0.15, 0.2) is 71.7 Å². The van der Waals surface area contributed by atoms with E-state index < -0.39 is 5.97 Å². The van der Waals surface area contributed by atoms with Crippen LogP contribution >= 0.6 is 11.3 Å². The first kappa shape index (κ1) is 19.1. The van der Waals surface area contributed by atoms with Gasteiger partial charge in [-0.05, 0) is 30.7 Å². The van der Waals surface area contributed by atoms with Crippen molar-refractivity contribution < 1.29 is 9.53 Å². The van der Waals surface area contributed by atoms with Crippen LogP contribution in [-0.2, 0) is 4.74 Å². The minimum absolute atomic E-state index is 0.284. The van der Waals surface area contributed by atoms with Crippen LogP contribution in [0.5, 0.6) is 0 Å². The Kier molecular flexibility index (Phi) is 4.60. The number of methoxy groups -OCH3 is 1. The van der Waals surface area contributed by atoms with Crippen LogP contribution < -0.4 is 5.56 Å². The van der Waals surface area contributed by atoms with Gasteiger partial charge < -0.3 is 4.74 Å². The van der Waals surface area contributed by atoms with Crippen LogP contribution in [0, 0.1) is 6.92 Å². The lowest BCUT2D eigenvalue weighted by Crippen LogP contribution is -2.20. The largest absolute Gasteiger partial charge is 0.465 e. The Hall–Kier alpha value is -3.84. The monoisotopic (exact) mass is 427 g/mol. The van der Waals surface area contributed by atoms with Gasteiger partial charge >= 0.3 is 5.97 Å². The number of ether oxygens (including phenoxy) is 1. The quantitative estimate of drug-likeness (QED) is 0.388. The van der Waals surface area contributed by atoms with Crippen LogP contribution in [0.2, 0.25) is 0 Å². The number of thiazole rings is 1. The second-order valence-corrected chi connectivity index (χ2v) is 8.03. The molecule has 3 aromatic heterocycles. The highest BCUT2D eigenvalue weighted by Crippen LogP contribution is 2.32. The average Bonchev–Trinajstić information content (AvgIpc) is 3.22. The topological polar surface area (TPSA) is 74.1 Å². The molecule has 0 aliphatic rings. The van der Waals surface area contributed by atoms with Crippen LogP contribution in [0.4, 0.5) is 0 Å². The Labute approximate surface area is 181 Å². The Balaban J connectivity index is 1.89. The van der Waals surface area contributed by atoms with Gasteiger partial charge in [-0.25, -0.2) is 9.78 Å². The van der Waals surface area contributed by atoms with Gasteiger partial charge in [0.25, 0.3) is 5.56 Å². The summed E-state index contributed by atoms with van der Waals surface area (Å²) in [6, 6.07) is 18.9. The van der Waals surface area contributed by atoms with Crippen molar-refractivity contribution in [2.24, 2.45) is 0 Å². The average molecular weight is 427 g/mol. The maximum atomic E-state index is 13.7. The van der Waals surface area contributed by atoms with Gasteiger partial charge in [-0.2, -0.15) is 0 Å². The molecule has 7 heteroatoms. The van der Waals surface area contributed by atoms with Crippen LogP contribution in [0.25, 0.3) is 37.4 Å². The molecule has 0 fully saturated rings. The van der Waals surface area contributed by atoms with Gasteiger partial charge in [0.2, 0.25) is 0 Å². The predicted molar refractivity (Wildman–Crippen MR) is 122 cm³/mol. The number of pyridine rings is 2. The zero-order chi connectivity index (χ0) is 21.5. The fourth-order valence-corrected chi connectivity index (χ4v) is 4.70. The number of esters is 1. The zero-order valence-electron chi connectivity index (χ0n) is 16.8. The highest BCUT2D eigenvalue weighted by molar-refractivity contribution is 7.20. The van der Waals surface area contributed by atoms with Gasteiger partial charge in [0.15, 0.2) is 5.13 Å². The molecule has 0 N–H and O–H groups in total. The number of rotatable bonds is 3. The summed E-state index contributed by atoms with van der Waals surface area (Å²) < 4.78 is 7.53. The maximum absolute atomic E-state index is 13.7. The third-order valence-corrected chi connectivity index (χ3v) is 6.20. The van der Waals surface area contributed by atoms with E-state index in [0.29, 0.717) is 32.9 Å². The summed E-state index contributed by atoms with van der Waals surface area (Å²) in [5.74, 6) is -0.527. The molecule has 0 atom stereocenters. The normalized spacial score (nSPS) is 11.2. The summed E-state index contributed by atoms with van der Waals surface area (Å²) in [6.45, 7) is 1.75. The summed E-state index contributed by atoms with van der Waals surface area (Å²) >= 11 is 1.43. The molecular weight excluding hydrogens is 410 g/mol. The zero-order valence-corrected chi connectivity index (χ0v) is 17.6. The number of carbonyl (C=O) groups excluding carboxylic acids is 1. The van der Waals surface area contributed by atoms with E-state index >= 15 is 0 Å². The molecule has 3 heterocycles. The molecule has 0 spiro atoms. The van der Waals surface area contributed by atoms with Crippen LogP contribution in [0.3, 0.4) is 0 Å². The third-order valence-electron chi connectivity index (χ3n) is 5.16. The number of hydrogen-bond donors (Lipinski definition) is 0. The molecular formula is C24H17N3O3S. The molecule has 31 heavy (non-hydrogen) atoms. The lowest BCUT2D eigenvalue weighted by Gasteiger charge is -2.15. The second kappa shape index (κ2) is 7.45. The summed E-state index contributed by atoms with van der Waals surface area (Å²) in [7, 11) is 1.32. The number of hydrogen-bond acceptors (Lipinski definition) is 6. The fraction of sp³-hybridized carbons (Fsp3) is 0.0833. The van der Waals surface area contributed by atoms with Crippen molar-refractivity contribution in [3.05, 3.63) is 88.5 Å². The first-order valence-corrected chi connectivity index (χ1v) is 10.5. The van der Waals surface area contributed by atoms with E-state index in [9.17, 15) is 9.59 Å². The van der Waals surface area contributed by atoms with Crippen molar-refractivity contribution in [1.29, 1.82) is 0 Å². The lowest BCUT2D eigenvalue weighted by atomic mass is 9.95. The summed E-state index contributed by atoms with van der Waals surface area (Å²) in [5, 5.41) is 0.922. The number of aryl methyl sites for hydroxylation is 1. The molecule has 0 radical (unpaired) electrons. The Bertz CT molecular complexity index is 1490. The fourth-order valence-electron chi connectivity index (χ4n) is 3.76. The number of fused-ring (bicyclic) bond motifs is 2. The van der Waals surface area contributed by atoms with Crippen LogP contribution in [-0.4, -0.2) is 27.6 Å². The van der Waals surface area contributed by atoms with Crippen molar-refractivity contribution in [3.8, 4) is 16.3 Å². The standard InChI is InChI=1S/C24H17N3O3S/c1-14-19(23(29)30-2)20(15-8-4-3-5-9-15)21-17(25-14)12-13-27(22(21)28)24-26-16-10-6-7-11-18(16)31-24/h3-13H,1-2H3. The molecule has 0 aliphatic heterocycles. The van der Waals surface area contributed by atoms with Gasteiger partial charge in [-0.3, -0.25) is 14.3 Å². The van der Waals surface area contributed by atoms with E-state index in [1.54, 1.807) is 19.2 Å². The van der Waals surface area contributed by atoms with E-state index in [-0.39, 0.29) is 5.56 Å². The van der Waals surface area contributed by atoms with Crippen LogP contribution in [0.1, 0.15) is 16.1 Å². The molecule has 0 saturated carbocycles. The number of aromatic nitrogens is 3. The molecule has 152 valence electrons. The van der Waals surface area contributed by atoms with Gasteiger partial charge in [0.1, 0.15) is 0 Å². The molecule has 0 saturated heterocycles. The minimum Gasteiger partial charge on any atom is -0.465 e. The van der Waals surface area contributed by atoms with Gasteiger partial charge in [-0.15, -0.1) is 0 Å². The van der Waals surface area contributed by atoms with Gasteiger partial charge in [0.05, 0.1) is 39.5 Å². The number of nitrogens with zero attached hydrogens (tertiary/aromatic N) is 3. The SMILES string of the molecule is COC(=O)c1c(C)nc2ccn(-c3nc4ccccc4s3)c(=O)c2c1-c1ccccc1. The molecule has 0 aliphatic carbocycles. The van der Waals surface area contributed by atoms with E-state index in [4.69, 9.17) is 4.74 Å². The van der Waals surface area contributed by atoms with E-state index in [0.717, 1.165) is 15.8 Å². The first-order valence-electron chi connectivity index (χ1n) is 9.64. The summed E-state index contributed by atoms with van der Waals surface area (Å²) in [6.07, 6.45) is 1.68. The summed E-state index contributed by atoms with van der Waals surface area (Å²) in [4.78, 5) is 35.5. The van der Waals surface area contributed by atoms with Crippen molar-refractivity contribution >= 4 is 38.4 Å². The van der Waals surface area contributed by atoms with E-state index in [1.807, 2.05) is 54.6 Å². The number of carbonyl (C=O) groups is 1. The molecule has 0 unspecified atom stereocenters. The molecule has 5 aromatic rings. The molecule has 0 bridgehead atoms. The highest BCUT2D eigenvalue weighted by atomic mass is 32.1. The Morgan fingerprint density at radius 2 is 1.71 bits per heavy atom. The van der Waals surface area contributed by atoms with Crippen molar-refractivity contribution in [2.45, 2.75) is 6.92 Å². The lowest BCUT2D eigenvalue weighted by molar-refractivity contribution is 0.0600. The highest BCUT2D eigenvalue weighted by Gasteiger charge is 2.24. The second-order valence-electron chi connectivity index (χ2n) is 7.02. The minimum atomic E-state index is -0.527. The summed E-state index contributed by atoms with van der Waals surface area (Å²) in [5.41, 5.74) is 3.14. The van der Waals surface area contributed by atoms with Crippen molar-refractivity contribution in [3.63, 3.8) is 0 Å². The Morgan fingerprint density at radius 3 is 2.45 bits per heavy atom. The first-order chi connectivity index (χ1) is 15.1. The third kappa shape index (κ3) is 3.10. The number of benzene rings is 2. The molecule has 2 aromatic carbocycles. The van der Waals surface area contributed by atoms with Gasteiger partial charge in [0, 0.05) is 11.8 Å².